The number of hydrogen-bond acceptors (Lipinski definition) is 3. The molecule has 21 heavy (non-hydrogen) atoms. The van der Waals surface area contributed by atoms with Crippen molar-refractivity contribution >= 4 is 0 Å². The number of nitrogens with zero attached hydrogens (tertiary/aromatic N) is 3. The Bertz CT molecular complexity index is 576. The lowest BCUT2D eigenvalue weighted by molar-refractivity contribution is -0.138. The molecule has 0 saturated heterocycles. The van der Waals surface area contributed by atoms with Crippen molar-refractivity contribution in [2.75, 3.05) is 6.54 Å². The van der Waals surface area contributed by atoms with Crippen LogP contribution in [0.3, 0.4) is 0 Å². The topological polar surface area (TPSA) is 42.7 Å². The quantitative estimate of drug-likeness (QED) is 0.922. The number of benzene rings is 1. The third-order valence-electron chi connectivity index (χ3n) is 2.95. The largest absolute Gasteiger partial charge is 0.416 e. The van der Waals surface area contributed by atoms with E-state index in [1.807, 2.05) is 13.8 Å². The van der Waals surface area contributed by atoms with Gasteiger partial charge in [0.05, 0.1) is 11.3 Å². The fourth-order valence-corrected chi connectivity index (χ4v) is 1.96. The van der Waals surface area contributed by atoms with E-state index >= 15 is 0 Å². The molecular formula is C14H17F3N4. The van der Waals surface area contributed by atoms with Crippen LogP contribution in [0.5, 0.6) is 0 Å². The maximum Gasteiger partial charge on any atom is 0.416 e. The summed E-state index contributed by atoms with van der Waals surface area (Å²) in [5.41, 5.74) is -0.0776. The molecule has 0 aliphatic carbocycles. The summed E-state index contributed by atoms with van der Waals surface area (Å²) in [5.74, 6) is 0.383. The van der Waals surface area contributed by atoms with E-state index in [-0.39, 0.29) is 12.1 Å². The molecule has 7 heteroatoms. The molecule has 2 rings (SSSR count). The van der Waals surface area contributed by atoms with Crippen LogP contribution in [0.2, 0.25) is 0 Å². The van der Waals surface area contributed by atoms with Crippen LogP contribution in [0.1, 0.15) is 25.0 Å². The van der Waals surface area contributed by atoms with E-state index in [9.17, 15) is 13.2 Å². The van der Waals surface area contributed by atoms with E-state index in [1.54, 1.807) is 6.07 Å². The standard InChI is InChI=1S/C14H17F3N4/c1-10(2)6-18-7-11-3-4-12(21-9-19-8-20-21)5-13(11)14(15,16)17/h3-5,8-10,18H,6-7H2,1-2H3. The van der Waals surface area contributed by atoms with Crippen molar-refractivity contribution < 1.29 is 13.2 Å². The highest BCUT2D eigenvalue weighted by atomic mass is 19.4. The molecule has 0 radical (unpaired) electrons. The lowest BCUT2D eigenvalue weighted by Gasteiger charge is -2.15. The molecule has 1 heterocycles. The van der Waals surface area contributed by atoms with Gasteiger partial charge in [0.2, 0.25) is 0 Å². The van der Waals surface area contributed by atoms with Crippen LogP contribution in [-0.2, 0) is 12.7 Å². The predicted octanol–water partition coefficient (Wildman–Crippen LogP) is 3.03. The maximum absolute atomic E-state index is 13.2. The van der Waals surface area contributed by atoms with Crippen molar-refractivity contribution in [3.8, 4) is 5.69 Å². The molecular weight excluding hydrogens is 281 g/mol. The van der Waals surface area contributed by atoms with E-state index in [0.29, 0.717) is 18.2 Å². The number of alkyl halides is 3. The summed E-state index contributed by atoms with van der Waals surface area (Å²) in [6, 6.07) is 4.19. The second kappa shape index (κ2) is 6.26. The second-order valence-electron chi connectivity index (χ2n) is 5.20. The molecule has 1 aromatic heterocycles. The van der Waals surface area contributed by atoms with E-state index in [4.69, 9.17) is 0 Å². The van der Waals surface area contributed by atoms with E-state index in [0.717, 1.165) is 6.07 Å². The summed E-state index contributed by atoms with van der Waals surface area (Å²) in [6.45, 7) is 4.86. The Morgan fingerprint density at radius 1 is 1.29 bits per heavy atom. The maximum atomic E-state index is 13.2. The SMILES string of the molecule is CC(C)CNCc1ccc(-n2cncn2)cc1C(F)(F)F. The first-order valence-corrected chi connectivity index (χ1v) is 6.63. The van der Waals surface area contributed by atoms with Gasteiger partial charge in [0, 0.05) is 6.54 Å². The lowest BCUT2D eigenvalue weighted by Crippen LogP contribution is -2.21. The van der Waals surface area contributed by atoms with Crippen LogP contribution >= 0.6 is 0 Å². The summed E-state index contributed by atoms with van der Waals surface area (Å²) in [7, 11) is 0. The van der Waals surface area contributed by atoms with Crippen LogP contribution in [0.4, 0.5) is 13.2 Å². The molecule has 1 aromatic carbocycles. The first-order valence-electron chi connectivity index (χ1n) is 6.63. The molecule has 114 valence electrons. The Hall–Kier alpha value is -1.89. The van der Waals surface area contributed by atoms with Crippen LogP contribution in [-0.4, -0.2) is 21.3 Å². The highest BCUT2D eigenvalue weighted by Gasteiger charge is 2.33. The molecule has 0 unspecified atom stereocenters. The van der Waals surface area contributed by atoms with Crippen molar-refractivity contribution in [1.82, 2.24) is 20.1 Å². The van der Waals surface area contributed by atoms with E-state index in [1.165, 1.54) is 23.4 Å². The molecule has 2 aromatic rings. The fourth-order valence-electron chi connectivity index (χ4n) is 1.96. The normalized spacial score (nSPS) is 12.1. The Morgan fingerprint density at radius 2 is 2.05 bits per heavy atom. The van der Waals surface area contributed by atoms with Crippen LogP contribution < -0.4 is 5.32 Å². The van der Waals surface area contributed by atoms with Crippen molar-refractivity contribution in [2.45, 2.75) is 26.6 Å². The number of rotatable bonds is 5. The van der Waals surface area contributed by atoms with Crippen LogP contribution in [0, 0.1) is 5.92 Å². The average Bonchev–Trinajstić information content (AvgIpc) is 2.91. The third kappa shape index (κ3) is 4.04. The Balaban J connectivity index is 2.28. The predicted molar refractivity (Wildman–Crippen MR) is 72.9 cm³/mol. The molecule has 1 N–H and O–H groups in total. The van der Waals surface area contributed by atoms with Gasteiger partial charge in [-0.05, 0) is 30.2 Å². The molecule has 0 fully saturated rings. The third-order valence-corrected chi connectivity index (χ3v) is 2.95. The van der Waals surface area contributed by atoms with Gasteiger partial charge in [0.15, 0.2) is 0 Å². The van der Waals surface area contributed by atoms with Crippen molar-refractivity contribution in [3.05, 3.63) is 42.0 Å². The Kier molecular flexibility index (Phi) is 4.62. The van der Waals surface area contributed by atoms with Crippen LogP contribution in [0.15, 0.2) is 30.9 Å². The van der Waals surface area contributed by atoms with E-state index < -0.39 is 11.7 Å². The summed E-state index contributed by atoms with van der Waals surface area (Å²) >= 11 is 0. The fraction of sp³-hybridized carbons (Fsp3) is 0.429. The van der Waals surface area contributed by atoms with Gasteiger partial charge in [-0.15, -0.1) is 0 Å². The highest BCUT2D eigenvalue weighted by Crippen LogP contribution is 2.33. The average molecular weight is 298 g/mol. The Morgan fingerprint density at radius 3 is 2.62 bits per heavy atom. The van der Waals surface area contributed by atoms with Gasteiger partial charge < -0.3 is 5.32 Å². The van der Waals surface area contributed by atoms with Gasteiger partial charge in [-0.2, -0.15) is 18.3 Å². The summed E-state index contributed by atoms with van der Waals surface area (Å²) < 4.78 is 40.9. The molecule has 0 aliphatic rings. The molecule has 0 atom stereocenters. The van der Waals surface area contributed by atoms with Gasteiger partial charge in [0.1, 0.15) is 12.7 Å². The smallest absolute Gasteiger partial charge is 0.312 e. The van der Waals surface area contributed by atoms with E-state index in [2.05, 4.69) is 15.4 Å². The summed E-state index contributed by atoms with van der Waals surface area (Å²) in [6.07, 6.45) is -1.75. The monoisotopic (exact) mass is 298 g/mol. The number of halogens is 3. The van der Waals surface area contributed by atoms with Gasteiger partial charge in [-0.1, -0.05) is 19.9 Å². The molecule has 0 spiro atoms. The first kappa shape index (κ1) is 15.5. The molecule has 0 bridgehead atoms. The van der Waals surface area contributed by atoms with Crippen molar-refractivity contribution in [2.24, 2.45) is 5.92 Å². The second-order valence-corrected chi connectivity index (χ2v) is 5.20. The summed E-state index contributed by atoms with van der Waals surface area (Å²) in [4.78, 5) is 3.74. The summed E-state index contributed by atoms with van der Waals surface area (Å²) in [5, 5.41) is 6.88. The molecule has 0 aliphatic heterocycles. The van der Waals surface area contributed by atoms with Crippen molar-refractivity contribution in [1.29, 1.82) is 0 Å². The zero-order chi connectivity index (χ0) is 15.5. The minimum Gasteiger partial charge on any atom is -0.312 e. The minimum atomic E-state index is -4.40. The zero-order valence-corrected chi connectivity index (χ0v) is 11.9. The van der Waals surface area contributed by atoms with Crippen LogP contribution in [0.25, 0.3) is 5.69 Å². The van der Waals surface area contributed by atoms with Gasteiger partial charge >= 0.3 is 6.18 Å². The zero-order valence-electron chi connectivity index (χ0n) is 11.9. The lowest BCUT2D eigenvalue weighted by atomic mass is 10.1. The highest BCUT2D eigenvalue weighted by molar-refractivity contribution is 5.41. The number of hydrogen-bond donors (Lipinski definition) is 1. The van der Waals surface area contributed by atoms with Gasteiger partial charge in [-0.3, -0.25) is 0 Å². The molecule has 4 nitrogen and oxygen atoms in total. The Labute approximate surface area is 121 Å². The van der Waals surface area contributed by atoms with Gasteiger partial charge in [-0.25, -0.2) is 9.67 Å². The molecule has 0 saturated carbocycles. The molecule has 0 amide bonds. The number of aromatic nitrogens is 3. The van der Waals surface area contributed by atoms with Crippen molar-refractivity contribution in [3.63, 3.8) is 0 Å². The number of nitrogens with one attached hydrogen (secondary N) is 1. The minimum absolute atomic E-state index is 0.185. The van der Waals surface area contributed by atoms with Gasteiger partial charge in [0.25, 0.3) is 0 Å². The first-order chi connectivity index (χ1) is 9.88.